The number of hydrogen-bond donors (Lipinski definition) is 1. The zero-order valence-corrected chi connectivity index (χ0v) is 13.6. The largest absolute Gasteiger partial charge is 0.454 e. The summed E-state index contributed by atoms with van der Waals surface area (Å²) in [6.45, 7) is 0. The summed E-state index contributed by atoms with van der Waals surface area (Å²) >= 11 is 0. The lowest BCUT2D eigenvalue weighted by molar-refractivity contribution is -0.119. The number of amides is 1. The molecule has 1 amide bonds. The molecule has 0 bridgehead atoms. The molecule has 1 N–H and O–H groups in total. The molecular formula is C19H13N5O2. The number of nitrogens with zero attached hydrogens (tertiary/aromatic N) is 4. The summed E-state index contributed by atoms with van der Waals surface area (Å²) in [5.74, 6) is 0.710. The van der Waals surface area contributed by atoms with E-state index in [9.17, 15) is 4.79 Å². The molecule has 7 nitrogen and oxygen atoms in total. The first-order valence-electron chi connectivity index (χ1n) is 8.25. The molecule has 1 aromatic carbocycles. The van der Waals surface area contributed by atoms with Gasteiger partial charge in [-0.05, 0) is 37.1 Å². The Morgan fingerprint density at radius 2 is 2.12 bits per heavy atom. The van der Waals surface area contributed by atoms with Gasteiger partial charge in [-0.3, -0.25) is 4.79 Å². The minimum Gasteiger partial charge on any atom is -0.454 e. The van der Waals surface area contributed by atoms with Crippen molar-refractivity contribution in [2.24, 2.45) is 5.41 Å². The molecule has 0 saturated heterocycles. The second-order valence-corrected chi connectivity index (χ2v) is 6.43. The van der Waals surface area contributed by atoms with Gasteiger partial charge < -0.3 is 9.73 Å². The Balaban J connectivity index is 1.55. The maximum Gasteiger partial charge on any atom is 0.246 e. The Morgan fingerprint density at radius 3 is 2.88 bits per heavy atom. The summed E-state index contributed by atoms with van der Waals surface area (Å²) in [7, 11) is 0. The number of para-hydroxylation sites is 1. The highest BCUT2D eigenvalue weighted by molar-refractivity contribution is 5.98. The van der Waals surface area contributed by atoms with Crippen LogP contribution in [0.4, 0.5) is 5.82 Å². The van der Waals surface area contributed by atoms with Crippen molar-refractivity contribution in [3.05, 3.63) is 48.7 Å². The van der Waals surface area contributed by atoms with Crippen LogP contribution in [0.1, 0.15) is 12.8 Å². The van der Waals surface area contributed by atoms with E-state index in [0.29, 0.717) is 35.8 Å². The molecule has 0 spiro atoms. The van der Waals surface area contributed by atoms with Crippen LogP contribution >= 0.6 is 0 Å². The zero-order valence-electron chi connectivity index (χ0n) is 13.6. The van der Waals surface area contributed by atoms with Crippen LogP contribution in [-0.4, -0.2) is 20.5 Å². The molecule has 1 fully saturated rings. The Hall–Kier alpha value is -3.66. The number of carbonyl (C=O) groups excluding carboxylic acids is 1. The number of carbonyl (C=O) groups is 1. The van der Waals surface area contributed by atoms with Crippen LogP contribution in [0, 0.1) is 16.7 Å². The molecule has 5 rings (SSSR count). The van der Waals surface area contributed by atoms with Gasteiger partial charge >= 0.3 is 0 Å². The normalized spacial score (nSPS) is 15.0. The van der Waals surface area contributed by atoms with Gasteiger partial charge in [0.25, 0.3) is 0 Å². The number of rotatable bonds is 3. The predicted molar refractivity (Wildman–Crippen MR) is 94.1 cm³/mol. The minimum absolute atomic E-state index is 0.308. The van der Waals surface area contributed by atoms with Gasteiger partial charge in [-0.1, -0.05) is 18.2 Å². The molecule has 0 unspecified atom stereocenters. The van der Waals surface area contributed by atoms with E-state index in [4.69, 9.17) is 9.68 Å². The first-order chi connectivity index (χ1) is 12.7. The van der Waals surface area contributed by atoms with E-state index < -0.39 is 5.41 Å². The second-order valence-electron chi connectivity index (χ2n) is 6.43. The lowest BCUT2D eigenvalue weighted by Gasteiger charge is -2.07. The van der Waals surface area contributed by atoms with E-state index >= 15 is 0 Å². The average molecular weight is 343 g/mol. The molecule has 0 atom stereocenters. The third kappa shape index (κ3) is 2.16. The molecule has 3 heterocycles. The number of anilines is 1. The number of nitrogens with one attached hydrogen (secondary N) is 1. The van der Waals surface area contributed by atoms with Gasteiger partial charge in [0.1, 0.15) is 16.7 Å². The zero-order chi connectivity index (χ0) is 17.7. The minimum atomic E-state index is -0.896. The van der Waals surface area contributed by atoms with E-state index in [1.807, 2.05) is 30.3 Å². The highest BCUT2D eigenvalue weighted by Gasteiger charge is 2.50. The van der Waals surface area contributed by atoms with Crippen LogP contribution < -0.4 is 5.32 Å². The van der Waals surface area contributed by atoms with Gasteiger partial charge in [0.2, 0.25) is 5.91 Å². The SMILES string of the molecule is N#CC1(C(=O)Nc2ccc3ncc(-c4cc5ccccc5o4)n3n2)CC1. The monoisotopic (exact) mass is 343 g/mol. The lowest BCUT2D eigenvalue weighted by Crippen LogP contribution is -2.23. The molecule has 4 aromatic rings. The maximum absolute atomic E-state index is 12.3. The topological polar surface area (TPSA) is 96.2 Å². The molecule has 0 aliphatic heterocycles. The first-order valence-corrected chi connectivity index (χ1v) is 8.25. The summed E-state index contributed by atoms with van der Waals surface area (Å²) < 4.78 is 7.52. The fourth-order valence-electron chi connectivity index (χ4n) is 2.97. The fourth-order valence-corrected chi connectivity index (χ4v) is 2.97. The van der Waals surface area contributed by atoms with E-state index in [0.717, 1.165) is 11.0 Å². The second kappa shape index (κ2) is 5.17. The number of aromatic nitrogens is 3. The number of hydrogen-bond acceptors (Lipinski definition) is 5. The lowest BCUT2D eigenvalue weighted by atomic mass is 10.1. The predicted octanol–water partition coefficient (Wildman–Crippen LogP) is 3.38. The quantitative estimate of drug-likeness (QED) is 0.615. The van der Waals surface area contributed by atoms with Crippen LogP contribution in [-0.2, 0) is 4.79 Å². The fraction of sp³-hybridized carbons (Fsp3) is 0.158. The van der Waals surface area contributed by atoms with E-state index in [1.54, 1.807) is 22.8 Å². The van der Waals surface area contributed by atoms with Crippen molar-refractivity contribution in [2.45, 2.75) is 12.8 Å². The maximum atomic E-state index is 12.3. The van der Waals surface area contributed by atoms with Crippen molar-refractivity contribution in [1.82, 2.24) is 14.6 Å². The third-order valence-electron chi connectivity index (χ3n) is 4.68. The average Bonchev–Trinajstić information content (AvgIpc) is 3.17. The van der Waals surface area contributed by atoms with Gasteiger partial charge in [-0.2, -0.15) is 5.26 Å². The molecule has 26 heavy (non-hydrogen) atoms. The van der Waals surface area contributed by atoms with Crippen LogP contribution in [0.2, 0.25) is 0 Å². The highest BCUT2D eigenvalue weighted by Crippen LogP contribution is 2.45. The molecule has 1 aliphatic rings. The first kappa shape index (κ1) is 14.7. The Morgan fingerprint density at radius 1 is 1.27 bits per heavy atom. The Kier molecular flexibility index (Phi) is 2.91. The molecule has 1 saturated carbocycles. The third-order valence-corrected chi connectivity index (χ3v) is 4.68. The van der Waals surface area contributed by atoms with Crippen LogP contribution in [0.25, 0.3) is 28.1 Å². The number of imidazole rings is 1. The van der Waals surface area contributed by atoms with Gasteiger partial charge in [0, 0.05) is 5.39 Å². The molecule has 3 aromatic heterocycles. The summed E-state index contributed by atoms with van der Waals surface area (Å²) in [6.07, 6.45) is 2.86. The van der Waals surface area contributed by atoms with Crippen molar-refractivity contribution in [3.8, 4) is 17.5 Å². The van der Waals surface area contributed by atoms with Gasteiger partial charge in [0.15, 0.2) is 17.2 Å². The molecule has 126 valence electrons. The molecule has 7 heteroatoms. The van der Waals surface area contributed by atoms with Crippen molar-refractivity contribution in [2.75, 3.05) is 5.32 Å². The molecule has 1 aliphatic carbocycles. The van der Waals surface area contributed by atoms with Crippen molar-refractivity contribution in [3.63, 3.8) is 0 Å². The van der Waals surface area contributed by atoms with Gasteiger partial charge in [-0.15, -0.1) is 5.10 Å². The number of fused-ring (bicyclic) bond motifs is 2. The number of benzene rings is 1. The van der Waals surface area contributed by atoms with Crippen molar-refractivity contribution >= 4 is 28.3 Å². The van der Waals surface area contributed by atoms with Crippen LogP contribution in [0.5, 0.6) is 0 Å². The van der Waals surface area contributed by atoms with Crippen LogP contribution in [0.3, 0.4) is 0 Å². The van der Waals surface area contributed by atoms with Crippen LogP contribution in [0.15, 0.2) is 53.1 Å². The Bertz CT molecular complexity index is 1180. The van der Waals surface area contributed by atoms with Gasteiger partial charge in [0.05, 0.1) is 12.3 Å². The Labute approximate surface area is 147 Å². The summed E-state index contributed by atoms with van der Waals surface area (Å²) in [6, 6.07) is 15.2. The van der Waals surface area contributed by atoms with Gasteiger partial charge in [-0.25, -0.2) is 9.50 Å². The molecular weight excluding hydrogens is 330 g/mol. The summed E-state index contributed by atoms with van der Waals surface area (Å²) in [5.41, 5.74) is 1.22. The standard InChI is InChI=1S/C19H13N5O2/c20-11-19(7-8-19)18(25)22-16-5-6-17-21-10-13(24(17)23-16)15-9-12-3-1-2-4-14(12)26-15/h1-6,9-10H,7-8H2,(H,22,23,25). The van der Waals surface area contributed by atoms with Crippen molar-refractivity contribution < 1.29 is 9.21 Å². The summed E-state index contributed by atoms with van der Waals surface area (Å²) in [5, 5.41) is 17.3. The van der Waals surface area contributed by atoms with E-state index in [-0.39, 0.29) is 5.91 Å². The smallest absolute Gasteiger partial charge is 0.246 e. The summed E-state index contributed by atoms with van der Waals surface area (Å²) in [4.78, 5) is 16.6. The van der Waals surface area contributed by atoms with E-state index in [1.165, 1.54) is 0 Å². The number of nitriles is 1. The number of furan rings is 1. The van der Waals surface area contributed by atoms with Crippen molar-refractivity contribution in [1.29, 1.82) is 5.26 Å². The molecule has 0 radical (unpaired) electrons. The van der Waals surface area contributed by atoms with E-state index in [2.05, 4.69) is 21.5 Å². The highest BCUT2D eigenvalue weighted by atomic mass is 16.3.